The van der Waals surface area contributed by atoms with Crippen LogP contribution >= 0.6 is 22.9 Å². The van der Waals surface area contributed by atoms with Crippen molar-refractivity contribution in [3.8, 4) is 0 Å². The molecule has 3 heterocycles. The van der Waals surface area contributed by atoms with Crippen molar-refractivity contribution >= 4 is 50.8 Å². The van der Waals surface area contributed by atoms with Gasteiger partial charge in [0.15, 0.2) is 0 Å². The standard InChI is InChI=1S/C19H18ClN5O2S/c20-16-13-4-1-2-5-14(13)28-17(16)18(27)23-12-15(26)24-8-10-25(11-9-24)19-21-6-3-7-22-19/h1-7H,8-12H2,(H,23,27). The van der Waals surface area contributed by atoms with E-state index in [1.165, 1.54) is 11.3 Å². The molecule has 4 rings (SSSR count). The fraction of sp³-hybridized carbons (Fsp3) is 0.263. The van der Waals surface area contributed by atoms with Gasteiger partial charge in [-0.3, -0.25) is 9.59 Å². The van der Waals surface area contributed by atoms with Crippen molar-refractivity contribution in [1.29, 1.82) is 0 Å². The minimum absolute atomic E-state index is 0.0504. The SMILES string of the molecule is O=C(NCC(=O)N1CCN(c2ncccn2)CC1)c1sc2ccccc2c1Cl. The van der Waals surface area contributed by atoms with Crippen molar-refractivity contribution < 1.29 is 9.59 Å². The predicted molar refractivity (Wildman–Crippen MR) is 110 cm³/mol. The Morgan fingerprint density at radius 3 is 2.50 bits per heavy atom. The molecule has 1 N–H and O–H groups in total. The Labute approximate surface area is 170 Å². The van der Waals surface area contributed by atoms with Crippen LogP contribution in [0.1, 0.15) is 9.67 Å². The summed E-state index contributed by atoms with van der Waals surface area (Å²) in [7, 11) is 0. The summed E-state index contributed by atoms with van der Waals surface area (Å²) in [6, 6.07) is 9.36. The molecule has 1 saturated heterocycles. The van der Waals surface area contributed by atoms with Gasteiger partial charge in [0, 0.05) is 48.7 Å². The van der Waals surface area contributed by atoms with Gasteiger partial charge in [-0.15, -0.1) is 11.3 Å². The van der Waals surface area contributed by atoms with Crippen LogP contribution in [0, 0.1) is 0 Å². The highest BCUT2D eigenvalue weighted by Crippen LogP contribution is 2.34. The number of carbonyl (C=O) groups excluding carboxylic acids is 2. The Morgan fingerprint density at radius 2 is 1.79 bits per heavy atom. The molecule has 1 aliphatic heterocycles. The van der Waals surface area contributed by atoms with Crippen LogP contribution in [0.3, 0.4) is 0 Å². The molecule has 1 aromatic carbocycles. The number of amides is 2. The van der Waals surface area contributed by atoms with Gasteiger partial charge in [-0.2, -0.15) is 0 Å². The van der Waals surface area contributed by atoms with Gasteiger partial charge >= 0.3 is 0 Å². The van der Waals surface area contributed by atoms with Crippen LogP contribution < -0.4 is 10.2 Å². The summed E-state index contributed by atoms with van der Waals surface area (Å²) < 4.78 is 0.947. The molecule has 1 fully saturated rings. The number of halogens is 1. The maximum Gasteiger partial charge on any atom is 0.263 e. The van der Waals surface area contributed by atoms with Crippen molar-refractivity contribution in [3.63, 3.8) is 0 Å². The molecule has 0 unspecified atom stereocenters. The highest BCUT2D eigenvalue weighted by molar-refractivity contribution is 7.21. The lowest BCUT2D eigenvalue weighted by atomic mass is 10.2. The summed E-state index contributed by atoms with van der Waals surface area (Å²) >= 11 is 7.65. The van der Waals surface area contributed by atoms with E-state index in [1.807, 2.05) is 29.2 Å². The molecule has 0 atom stereocenters. The molecule has 144 valence electrons. The van der Waals surface area contributed by atoms with Gasteiger partial charge < -0.3 is 15.1 Å². The van der Waals surface area contributed by atoms with Crippen LogP contribution in [-0.4, -0.2) is 59.4 Å². The molecule has 7 nitrogen and oxygen atoms in total. The normalized spacial score (nSPS) is 14.3. The number of aromatic nitrogens is 2. The number of fused-ring (bicyclic) bond motifs is 1. The molecule has 0 radical (unpaired) electrons. The van der Waals surface area contributed by atoms with Crippen molar-refractivity contribution in [2.75, 3.05) is 37.6 Å². The van der Waals surface area contributed by atoms with Gasteiger partial charge in [0.1, 0.15) is 4.88 Å². The first-order valence-electron chi connectivity index (χ1n) is 8.88. The Bertz CT molecular complexity index is 1000. The monoisotopic (exact) mass is 415 g/mol. The minimum atomic E-state index is -0.323. The molecule has 0 bridgehead atoms. The molecular formula is C19H18ClN5O2S. The zero-order valence-electron chi connectivity index (χ0n) is 15.0. The number of benzene rings is 1. The van der Waals surface area contributed by atoms with Crippen molar-refractivity contribution in [1.82, 2.24) is 20.2 Å². The van der Waals surface area contributed by atoms with Gasteiger partial charge in [0.2, 0.25) is 11.9 Å². The predicted octanol–water partition coefficient (Wildman–Crippen LogP) is 2.42. The number of piperazine rings is 1. The summed E-state index contributed by atoms with van der Waals surface area (Å²) in [6.45, 7) is 2.40. The number of rotatable bonds is 4. The summed E-state index contributed by atoms with van der Waals surface area (Å²) in [5.41, 5.74) is 0. The summed E-state index contributed by atoms with van der Waals surface area (Å²) in [5, 5.41) is 3.98. The average Bonchev–Trinajstić information content (AvgIpc) is 3.09. The van der Waals surface area contributed by atoms with Crippen LogP contribution in [-0.2, 0) is 4.79 Å². The second kappa shape index (κ2) is 8.12. The minimum Gasteiger partial charge on any atom is -0.342 e. The van der Waals surface area contributed by atoms with E-state index in [0.29, 0.717) is 42.0 Å². The molecule has 0 saturated carbocycles. The first kappa shape index (κ1) is 18.6. The highest BCUT2D eigenvalue weighted by atomic mass is 35.5. The number of thiophene rings is 1. The van der Waals surface area contributed by atoms with E-state index in [4.69, 9.17) is 11.6 Å². The third-order valence-corrected chi connectivity index (χ3v) is 6.28. The largest absolute Gasteiger partial charge is 0.342 e. The average molecular weight is 416 g/mol. The topological polar surface area (TPSA) is 78.4 Å². The van der Waals surface area contributed by atoms with Crippen LogP contribution in [0.5, 0.6) is 0 Å². The van der Waals surface area contributed by atoms with Crippen LogP contribution in [0.2, 0.25) is 5.02 Å². The van der Waals surface area contributed by atoms with E-state index >= 15 is 0 Å². The quantitative estimate of drug-likeness (QED) is 0.708. The maximum atomic E-state index is 12.5. The fourth-order valence-corrected chi connectivity index (χ4v) is 4.55. The van der Waals surface area contributed by atoms with Crippen molar-refractivity contribution in [3.05, 3.63) is 52.6 Å². The van der Waals surface area contributed by atoms with Crippen molar-refractivity contribution in [2.45, 2.75) is 0 Å². The lowest BCUT2D eigenvalue weighted by Gasteiger charge is -2.34. The summed E-state index contributed by atoms with van der Waals surface area (Å²) in [6.07, 6.45) is 3.41. The zero-order valence-corrected chi connectivity index (χ0v) is 16.5. The molecule has 28 heavy (non-hydrogen) atoms. The maximum absolute atomic E-state index is 12.5. The second-order valence-electron chi connectivity index (χ2n) is 6.34. The summed E-state index contributed by atoms with van der Waals surface area (Å²) in [4.78, 5) is 37.6. The number of anilines is 1. The van der Waals surface area contributed by atoms with Gasteiger partial charge in [-0.25, -0.2) is 9.97 Å². The van der Waals surface area contributed by atoms with E-state index < -0.39 is 0 Å². The molecule has 0 spiro atoms. The van der Waals surface area contributed by atoms with Gasteiger partial charge in [0.25, 0.3) is 5.91 Å². The molecular weight excluding hydrogens is 398 g/mol. The lowest BCUT2D eigenvalue weighted by molar-refractivity contribution is -0.130. The van der Waals surface area contributed by atoms with E-state index in [0.717, 1.165) is 10.1 Å². The Kier molecular flexibility index (Phi) is 5.40. The Morgan fingerprint density at radius 1 is 1.07 bits per heavy atom. The van der Waals surface area contributed by atoms with Crippen LogP contribution in [0.4, 0.5) is 5.95 Å². The number of carbonyl (C=O) groups is 2. The highest BCUT2D eigenvalue weighted by Gasteiger charge is 2.23. The van der Waals surface area contributed by atoms with E-state index in [2.05, 4.69) is 15.3 Å². The first-order chi connectivity index (χ1) is 13.6. The first-order valence-corrected chi connectivity index (χ1v) is 10.1. The fourth-order valence-electron chi connectivity index (χ4n) is 3.12. The van der Waals surface area contributed by atoms with E-state index in [-0.39, 0.29) is 18.4 Å². The Hall–Kier alpha value is -2.71. The van der Waals surface area contributed by atoms with Gasteiger partial charge in [0.05, 0.1) is 11.6 Å². The number of nitrogens with one attached hydrogen (secondary N) is 1. The molecule has 9 heteroatoms. The van der Waals surface area contributed by atoms with Gasteiger partial charge in [-0.1, -0.05) is 29.8 Å². The molecule has 2 amide bonds. The zero-order chi connectivity index (χ0) is 19.5. The molecule has 1 aliphatic rings. The number of hydrogen-bond donors (Lipinski definition) is 1. The number of hydrogen-bond acceptors (Lipinski definition) is 6. The molecule has 2 aromatic heterocycles. The number of nitrogens with zero attached hydrogens (tertiary/aromatic N) is 4. The van der Waals surface area contributed by atoms with Gasteiger partial charge in [-0.05, 0) is 12.1 Å². The Balaban J connectivity index is 1.32. The van der Waals surface area contributed by atoms with Crippen molar-refractivity contribution in [2.24, 2.45) is 0 Å². The smallest absolute Gasteiger partial charge is 0.263 e. The molecule has 0 aliphatic carbocycles. The second-order valence-corrected chi connectivity index (χ2v) is 7.77. The van der Waals surface area contributed by atoms with E-state index in [1.54, 1.807) is 23.4 Å². The van der Waals surface area contributed by atoms with Crippen LogP contribution in [0.25, 0.3) is 10.1 Å². The lowest BCUT2D eigenvalue weighted by Crippen LogP contribution is -2.51. The summed E-state index contributed by atoms with van der Waals surface area (Å²) in [5.74, 6) is 0.234. The van der Waals surface area contributed by atoms with Crippen LogP contribution in [0.15, 0.2) is 42.7 Å². The molecule has 3 aromatic rings. The third-order valence-electron chi connectivity index (χ3n) is 4.61. The van der Waals surface area contributed by atoms with E-state index in [9.17, 15) is 9.59 Å². The third kappa shape index (κ3) is 3.79.